The Morgan fingerprint density at radius 3 is 2.72 bits per heavy atom. The lowest BCUT2D eigenvalue weighted by atomic mass is 10.2. The van der Waals surface area contributed by atoms with E-state index in [1.165, 1.54) is 11.8 Å². The number of rotatable bonds is 6. The average molecular weight is 375 g/mol. The number of carbonyl (C=O) groups is 1. The summed E-state index contributed by atoms with van der Waals surface area (Å²) in [6, 6.07) is 14.5. The lowest BCUT2D eigenvalue weighted by Crippen LogP contribution is -2.14. The van der Waals surface area contributed by atoms with Crippen molar-refractivity contribution in [1.82, 2.24) is 15.2 Å². The van der Waals surface area contributed by atoms with E-state index >= 15 is 0 Å². The van der Waals surface area contributed by atoms with Gasteiger partial charge in [-0.1, -0.05) is 35.5 Å². The Morgan fingerprint density at radius 1 is 1.24 bits per heavy atom. The molecule has 6 nitrogen and oxygen atoms in total. The molecule has 25 heavy (non-hydrogen) atoms. The van der Waals surface area contributed by atoms with Crippen molar-refractivity contribution in [2.45, 2.75) is 5.16 Å². The number of carbonyl (C=O) groups excluding carboxylic acids is 1. The van der Waals surface area contributed by atoms with Gasteiger partial charge < -0.3 is 10.1 Å². The molecule has 128 valence electrons. The van der Waals surface area contributed by atoms with Crippen molar-refractivity contribution < 1.29 is 9.53 Å². The van der Waals surface area contributed by atoms with Crippen molar-refractivity contribution >= 4 is 35.0 Å². The van der Waals surface area contributed by atoms with Gasteiger partial charge in [-0.3, -0.25) is 9.89 Å². The Kier molecular flexibility index (Phi) is 5.57. The Labute approximate surface area is 154 Å². The smallest absolute Gasteiger partial charge is 0.234 e. The Bertz CT molecular complexity index is 867. The minimum atomic E-state index is -0.140. The number of nitrogens with zero attached hydrogens (tertiary/aromatic N) is 2. The van der Waals surface area contributed by atoms with Gasteiger partial charge in [0.1, 0.15) is 5.75 Å². The number of ether oxygens (including phenoxy) is 1. The summed E-state index contributed by atoms with van der Waals surface area (Å²) >= 11 is 7.38. The lowest BCUT2D eigenvalue weighted by molar-refractivity contribution is -0.113. The van der Waals surface area contributed by atoms with Gasteiger partial charge in [0.2, 0.25) is 11.1 Å². The zero-order valence-electron chi connectivity index (χ0n) is 13.3. The second-order valence-electron chi connectivity index (χ2n) is 5.01. The first-order chi connectivity index (χ1) is 12.2. The van der Waals surface area contributed by atoms with Gasteiger partial charge in [0.05, 0.1) is 17.9 Å². The van der Waals surface area contributed by atoms with Gasteiger partial charge in [-0.25, -0.2) is 4.98 Å². The average Bonchev–Trinajstić information content (AvgIpc) is 3.10. The summed E-state index contributed by atoms with van der Waals surface area (Å²) in [5.41, 5.74) is 1.48. The van der Waals surface area contributed by atoms with E-state index in [4.69, 9.17) is 16.3 Å². The van der Waals surface area contributed by atoms with Crippen LogP contribution in [0.1, 0.15) is 0 Å². The molecule has 0 spiro atoms. The van der Waals surface area contributed by atoms with Gasteiger partial charge >= 0.3 is 0 Å². The van der Waals surface area contributed by atoms with E-state index in [0.29, 0.717) is 21.7 Å². The maximum atomic E-state index is 12.0. The fourth-order valence-corrected chi connectivity index (χ4v) is 2.91. The van der Waals surface area contributed by atoms with Crippen molar-refractivity contribution in [1.29, 1.82) is 0 Å². The molecule has 0 fully saturated rings. The highest BCUT2D eigenvalue weighted by Gasteiger charge is 2.11. The third-order valence-electron chi connectivity index (χ3n) is 3.30. The molecule has 0 radical (unpaired) electrons. The number of halogens is 1. The number of benzene rings is 2. The van der Waals surface area contributed by atoms with Crippen molar-refractivity contribution in [3.05, 3.63) is 53.6 Å². The first kappa shape index (κ1) is 17.3. The van der Waals surface area contributed by atoms with Crippen LogP contribution in [0, 0.1) is 0 Å². The highest BCUT2D eigenvalue weighted by molar-refractivity contribution is 7.99. The molecule has 0 atom stereocenters. The van der Waals surface area contributed by atoms with Gasteiger partial charge in [-0.2, -0.15) is 0 Å². The van der Waals surface area contributed by atoms with Crippen LogP contribution in [0.15, 0.2) is 53.7 Å². The summed E-state index contributed by atoms with van der Waals surface area (Å²) in [6.45, 7) is 0. The fourth-order valence-electron chi connectivity index (χ4n) is 2.09. The third kappa shape index (κ3) is 4.52. The molecule has 2 aromatic carbocycles. The van der Waals surface area contributed by atoms with Crippen LogP contribution < -0.4 is 10.1 Å². The molecule has 1 heterocycles. The molecule has 0 aliphatic rings. The number of hydrogen-bond acceptors (Lipinski definition) is 5. The number of H-pyrrole nitrogens is 1. The summed E-state index contributed by atoms with van der Waals surface area (Å²) in [5.74, 6) is 1.37. The molecular weight excluding hydrogens is 360 g/mol. The first-order valence-electron chi connectivity index (χ1n) is 7.39. The van der Waals surface area contributed by atoms with Crippen LogP contribution >= 0.6 is 23.4 Å². The van der Waals surface area contributed by atoms with E-state index < -0.39 is 0 Å². The minimum absolute atomic E-state index is 0.140. The van der Waals surface area contributed by atoms with Crippen LogP contribution in [0.2, 0.25) is 5.02 Å². The van der Waals surface area contributed by atoms with Crippen LogP contribution in [0.3, 0.4) is 0 Å². The molecule has 3 aromatic rings. The molecule has 0 unspecified atom stereocenters. The fraction of sp³-hybridized carbons (Fsp3) is 0.118. The third-order valence-corrected chi connectivity index (χ3v) is 4.48. The minimum Gasteiger partial charge on any atom is -0.497 e. The van der Waals surface area contributed by atoms with Crippen LogP contribution in [-0.4, -0.2) is 34.0 Å². The first-order valence-corrected chi connectivity index (χ1v) is 8.76. The van der Waals surface area contributed by atoms with Crippen molar-refractivity contribution in [2.24, 2.45) is 0 Å². The molecule has 3 rings (SSSR count). The quantitative estimate of drug-likeness (QED) is 0.640. The standard InChI is InChI=1S/C17H15ClN4O2S/c1-24-12-8-6-11(7-9-12)19-15(23)10-25-17-20-16(21-22-17)13-4-2-3-5-14(13)18/h2-9H,10H2,1H3,(H,19,23)(H,20,21,22). The van der Waals surface area contributed by atoms with Crippen LogP contribution in [-0.2, 0) is 4.79 Å². The number of hydrogen-bond donors (Lipinski definition) is 2. The van der Waals surface area contributed by atoms with Crippen LogP contribution in [0.25, 0.3) is 11.4 Å². The lowest BCUT2D eigenvalue weighted by Gasteiger charge is -2.05. The molecule has 8 heteroatoms. The molecular formula is C17H15ClN4O2S. The topological polar surface area (TPSA) is 79.9 Å². The van der Waals surface area contributed by atoms with E-state index in [9.17, 15) is 4.79 Å². The van der Waals surface area contributed by atoms with Gasteiger partial charge in [-0.15, -0.1) is 5.10 Å². The number of aromatic nitrogens is 3. The summed E-state index contributed by atoms with van der Waals surface area (Å²) in [5, 5.41) is 10.8. The predicted molar refractivity (Wildman–Crippen MR) is 99.2 cm³/mol. The number of thioether (sulfide) groups is 1. The highest BCUT2D eigenvalue weighted by Crippen LogP contribution is 2.26. The normalized spacial score (nSPS) is 10.5. The van der Waals surface area contributed by atoms with E-state index in [1.54, 1.807) is 37.4 Å². The van der Waals surface area contributed by atoms with E-state index in [2.05, 4.69) is 20.5 Å². The maximum absolute atomic E-state index is 12.0. The second-order valence-corrected chi connectivity index (χ2v) is 6.36. The number of amides is 1. The Hall–Kier alpha value is -2.51. The predicted octanol–water partition coefficient (Wildman–Crippen LogP) is 3.86. The highest BCUT2D eigenvalue weighted by atomic mass is 35.5. The second kappa shape index (κ2) is 8.04. The van der Waals surface area contributed by atoms with Gasteiger partial charge in [0.15, 0.2) is 5.82 Å². The summed E-state index contributed by atoms with van der Waals surface area (Å²) < 4.78 is 5.08. The summed E-state index contributed by atoms with van der Waals surface area (Å²) in [6.07, 6.45) is 0. The Balaban J connectivity index is 1.56. The largest absolute Gasteiger partial charge is 0.497 e. The number of aromatic amines is 1. The van der Waals surface area contributed by atoms with Crippen molar-refractivity contribution in [2.75, 3.05) is 18.2 Å². The van der Waals surface area contributed by atoms with Gasteiger partial charge in [0.25, 0.3) is 0 Å². The number of methoxy groups -OCH3 is 1. The molecule has 2 N–H and O–H groups in total. The summed E-state index contributed by atoms with van der Waals surface area (Å²) in [4.78, 5) is 16.4. The molecule has 1 amide bonds. The molecule has 0 saturated carbocycles. The van der Waals surface area contributed by atoms with E-state index in [1.807, 2.05) is 18.2 Å². The van der Waals surface area contributed by atoms with E-state index in [-0.39, 0.29) is 11.7 Å². The zero-order chi connectivity index (χ0) is 17.6. The number of anilines is 1. The molecule has 0 bridgehead atoms. The zero-order valence-corrected chi connectivity index (χ0v) is 14.9. The van der Waals surface area contributed by atoms with Crippen molar-refractivity contribution in [3.8, 4) is 17.1 Å². The molecule has 0 saturated heterocycles. The number of nitrogens with one attached hydrogen (secondary N) is 2. The molecule has 1 aromatic heterocycles. The summed E-state index contributed by atoms with van der Waals surface area (Å²) in [7, 11) is 1.60. The van der Waals surface area contributed by atoms with Gasteiger partial charge in [-0.05, 0) is 36.4 Å². The Morgan fingerprint density at radius 2 is 2.00 bits per heavy atom. The maximum Gasteiger partial charge on any atom is 0.234 e. The molecule has 0 aliphatic heterocycles. The molecule has 0 aliphatic carbocycles. The van der Waals surface area contributed by atoms with Crippen LogP contribution in [0.4, 0.5) is 5.69 Å². The SMILES string of the molecule is COc1ccc(NC(=O)CSc2n[nH]c(-c3ccccc3Cl)n2)cc1. The monoisotopic (exact) mass is 374 g/mol. The van der Waals surface area contributed by atoms with Gasteiger partial charge in [0, 0.05) is 11.3 Å². The van der Waals surface area contributed by atoms with E-state index in [0.717, 1.165) is 11.3 Å². The van der Waals surface area contributed by atoms with Crippen molar-refractivity contribution in [3.63, 3.8) is 0 Å². The van der Waals surface area contributed by atoms with Crippen LogP contribution in [0.5, 0.6) is 5.75 Å².